The number of unbranched alkanes of at least 4 members (excludes halogenated alkanes) is 15. The maximum absolute atomic E-state index is 12.3. The van der Waals surface area contributed by atoms with Crippen LogP contribution in [0.1, 0.15) is 149 Å². The first-order valence-electron chi connectivity index (χ1n) is 17.6. The number of hydrogen-bond donors (Lipinski definition) is 4. The maximum Gasteiger partial charge on any atom is 0.220 e. The van der Waals surface area contributed by atoms with Crippen LogP contribution >= 0.6 is 0 Å². The van der Waals surface area contributed by atoms with E-state index in [-0.39, 0.29) is 12.5 Å². The van der Waals surface area contributed by atoms with Gasteiger partial charge >= 0.3 is 0 Å². The molecule has 0 saturated carbocycles. The van der Waals surface area contributed by atoms with Crippen LogP contribution in [0.4, 0.5) is 0 Å². The molecule has 0 aliphatic rings. The highest BCUT2D eigenvalue weighted by Crippen LogP contribution is 2.12. The molecule has 43 heavy (non-hydrogen) atoms. The Morgan fingerprint density at radius 1 is 0.628 bits per heavy atom. The van der Waals surface area contributed by atoms with Gasteiger partial charge in [0.2, 0.25) is 5.91 Å². The van der Waals surface area contributed by atoms with Crippen LogP contribution in [0.25, 0.3) is 0 Å². The van der Waals surface area contributed by atoms with Crippen LogP contribution in [0.2, 0.25) is 0 Å². The van der Waals surface area contributed by atoms with Crippen molar-refractivity contribution >= 4 is 5.91 Å². The van der Waals surface area contributed by atoms with E-state index in [0.717, 1.165) is 32.1 Å². The summed E-state index contributed by atoms with van der Waals surface area (Å²) in [7, 11) is 0. The van der Waals surface area contributed by atoms with E-state index in [1.807, 2.05) is 24.3 Å². The highest BCUT2D eigenvalue weighted by molar-refractivity contribution is 5.76. The summed E-state index contributed by atoms with van der Waals surface area (Å²) in [5.74, 6) is -0.148. The van der Waals surface area contributed by atoms with Gasteiger partial charge in [0.05, 0.1) is 24.9 Å². The highest BCUT2D eigenvalue weighted by atomic mass is 16.3. The lowest BCUT2D eigenvalue weighted by atomic mass is 10.0. The van der Waals surface area contributed by atoms with E-state index in [1.54, 1.807) is 12.2 Å². The molecular weight excluding hydrogens is 534 g/mol. The maximum atomic E-state index is 12.3. The van der Waals surface area contributed by atoms with Gasteiger partial charge < -0.3 is 20.6 Å². The first-order chi connectivity index (χ1) is 21.0. The topological polar surface area (TPSA) is 89.8 Å². The number of aliphatic hydroxyl groups excluding tert-OH is 3. The van der Waals surface area contributed by atoms with Crippen LogP contribution in [0, 0.1) is 0 Å². The Morgan fingerprint density at radius 2 is 1.19 bits per heavy atom. The Kier molecular flexibility index (Phi) is 31.5. The minimum atomic E-state index is -0.879. The van der Waals surface area contributed by atoms with E-state index in [0.29, 0.717) is 19.3 Å². The van der Waals surface area contributed by atoms with Crippen LogP contribution in [0.5, 0.6) is 0 Å². The summed E-state index contributed by atoms with van der Waals surface area (Å²) in [6, 6.07) is -0.671. The second-order valence-electron chi connectivity index (χ2n) is 11.8. The molecule has 0 aliphatic heterocycles. The van der Waals surface area contributed by atoms with Crippen LogP contribution in [0.15, 0.2) is 60.8 Å². The standard InChI is InChI=1S/C38H67NO4/c1-3-5-7-9-11-12-13-14-15-16-20-24-28-32-37(42)36(34-40)39-38(43)33-29-25-21-18-17-19-23-27-31-35(41)30-26-22-10-8-6-4-2/h18-19,21-23,26-28,31-32,35-37,40-42H,3-17,20,24-25,29-30,33-34H2,1-2H3,(H,39,43)/b21-18-,23-19-,26-22-,31-27+,32-28+/t35-,36-,37+/m0/s1. The SMILES string of the molecule is CCCCC/C=C\C[C@H](O)/C=C/C=C\C/C=C\CCCC(=O)N[C@@H](CO)[C@H](O)/C=C/CCCCCCCCCCCCC. The summed E-state index contributed by atoms with van der Waals surface area (Å²) in [6.07, 6.45) is 41.8. The molecule has 0 fully saturated rings. The van der Waals surface area contributed by atoms with Gasteiger partial charge in [-0.25, -0.2) is 0 Å². The van der Waals surface area contributed by atoms with Crippen molar-refractivity contribution < 1.29 is 20.1 Å². The van der Waals surface area contributed by atoms with Crippen LogP contribution < -0.4 is 5.32 Å². The number of nitrogens with one attached hydrogen (secondary N) is 1. The molecule has 0 saturated heterocycles. The lowest BCUT2D eigenvalue weighted by molar-refractivity contribution is -0.122. The number of amides is 1. The zero-order valence-electron chi connectivity index (χ0n) is 27.8. The lowest BCUT2D eigenvalue weighted by Crippen LogP contribution is -2.45. The van der Waals surface area contributed by atoms with Crippen LogP contribution in [-0.2, 0) is 4.79 Å². The summed E-state index contributed by atoms with van der Waals surface area (Å²) in [6.45, 7) is 4.17. The third-order valence-electron chi connectivity index (χ3n) is 7.58. The molecule has 3 atom stereocenters. The minimum absolute atomic E-state index is 0.148. The number of hydrogen-bond acceptors (Lipinski definition) is 4. The lowest BCUT2D eigenvalue weighted by Gasteiger charge is -2.19. The third-order valence-corrected chi connectivity index (χ3v) is 7.58. The van der Waals surface area contributed by atoms with Crippen molar-refractivity contribution in [3.8, 4) is 0 Å². The van der Waals surface area contributed by atoms with Crippen LogP contribution in [0.3, 0.4) is 0 Å². The van der Waals surface area contributed by atoms with Gasteiger partial charge in [0.25, 0.3) is 0 Å². The molecule has 0 rings (SSSR count). The third kappa shape index (κ3) is 29.9. The fraction of sp³-hybridized carbons (Fsp3) is 0.711. The number of carbonyl (C=O) groups excluding carboxylic acids is 1. The highest BCUT2D eigenvalue weighted by Gasteiger charge is 2.17. The Bertz CT molecular complexity index is 755. The predicted molar refractivity (Wildman–Crippen MR) is 185 cm³/mol. The van der Waals surface area contributed by atoms with Gasteiger partial charge in [-0.1, -0.05) is 152 Å². The summed E-state index contributed by atoms with van der Waals surface area (Å²) >= 11 is 0. The monoisotopic (exact) mass is 602 g/mol. The average molecular weight is 602 g/mol. The summed E-state index contributed by atoms with van der Waals surface area (Å²) in [5, 5.41) is 32.7. The van der Waals surface area contributed by atoms with E-state index >= 15 is 0 Å². The number of allylic oxidation sites excluding steroid dienone is 7. The molecule has 1 amide bonds. The van der Waals surface area contributed by atoms with Crippen molar-refractivity contribution in [2.24, 2.45) is 0 Å². The van der Waals surface area contributed by atoms with Crippen molar-refractivity contribution in [1.29, 1.82) is 0 Å². The van der Waals surface area contributed by atoms with Gasteiger partial charge in [-0.05, 0) is 51.4 Å². The van der Waals surface area contributed by atoms with Gasteiger partial charge in [0.1, 0.15) is 0 Å². The fourth-order valence-corrected chi connectivity index (χ4v) is 4.78. The molecule has 0 aromatic carbocycles. The number of aliphatic hydroxyl groups is 3. The van der Waals surface area contributed by atoms with Gasteiger partial charge in [-0.15, -0.1) is 0 Å². The predicted octanol–water partition coefficient (Wildman–Crippen LogP) is 9.20. The van der Waals surface area contributed by atoms with E-state index in [9.17, 15) is 20.1 Å². The quantitative estimate of drug-likeness (QED) is 0.0375. The molecule has 0 unspecified atom stereocenters. The molecule has 4 N–H and O–H groups in total. The van der Waals surface area contributed by atoms with Crippen molar-refractivity contribution in [3.05, 3.63) is 60.8 Å². The van der Waals surface area contributed by atoms with E-state index in [2.05, 4.69) is 43.5 Å². The minimum Gasteiger partial charge on any atom is -0.394 e. The number of carbonyl (C=O) groups is 1. The molecule has 0 spiro atoms. The first-order valence-corrected chi connectivity index (χ1v) is 17.6. The second kappa shape index (κ2) is 33.0. The summed E-state index contributed by atoms with van der Waals surface area (Å²) < 4.78 is 0. The van der Waals surface area contributed by atoms with Crippen molar-refractivity contribution in [1.82, 2.24) is 5.32 Å². The molecule has 0 heterocycles. The molecule has 5 heteroatoms. The van der Waals surface area contributed by atoms with Crippen molar-refractivity contribution in [2.45, 2.75) is 167 Å². The largest absolute Gasteiger partial charge is 0.394 e. The molecule has 5 nitrogen and oxygen atoms in total. The smallest absolute Gasteiger partial charge is 0.220 e. The van der Waals surface area contributed by atoms with Crippen molar-refractivity contribution in [2.75, 3.05) is 6.61 Å². The Labute approximate surface area is 265 Å². The van der Waals surface area contributed by atoms with E-state index in [1.165, 1.54) is 83.5 Å². The molecule has 0 radical (unpaired) electrons. The fourth-order valence-electron chi connectivity index (χ4n) is 4.78. The second-order valence-corrected chi connectivity index (χ2v) is 11.8. The van der Waals surface area contributed by atoms with E-state index < -0.39 is 18.2 Å². The zero-order chi connectivity index (χ0) is 31.6. The zero-order valence-corrected chi connectivity index (χ0v) is 27.8. The first kappa shape index (κ1) is 41.0. The van der Waals surface area contributed by atoms with Gasteiger partial charge in [-0.2, -0.15) is 0 Å². The average Bonchev–Trinajstić information content (AvgIpc) is 3.00. The van der Waals surface area contributed by atoms with Crippen LogP contribution in [-0.4, -0.2) is 46.1 Å². The summed E-state index contributed by atoms with van der Waals surface area (Å²) in [4.78, 5) is 12.3. The Morgan fingerprint density at radius 3 is 1.86 bits per heavy atom. The molecule has 0 aromatic rings. The van der Waals surface area contributed by atoms with Gasteiger partial charge in [0.15, 0.2) is 0 Å². The molecule has 0 bridgehead atoms. The van der Waals surface area contributed by atoms with Crippen molar-refractivity contribution in [3.63, 3.8) is 0 Å². The molecule has 248 valence electrons. The molecule has 0 aliphatic carbocycles. The normalized spacial score (nSPS) is 14.6. The Hall–Kier alpha value is -1.95. The van der Waals surface area contributed by atoms with Gasteiger partial charge in [0, 0.05) is 6.42 Å². The number of rotatable bonds is 30. The van der Waals surface area contributed by atoms with E-state index in [4.69, 9.17) is 0 Å². The molecular formula is C38H67NO4. The summed E-state index contributed by atoms with van der Waals surface area (Å²) in [5.41, 5.74) is 0. The van der Waals surface area contributed by atoms with Gasteiger partial charge in [-0.3, -0.25) is 4.79 Å². The molecule has 0 aromatic heterocycles. The Balaban J connectivity index is 3.88.